The molecular weight excluding hydrogens is 199 g/mol. The zero-order chi connectivity index (χ0) is 11.0. The maximum Gasteiger partial charge on any atom is 0.374 e. The Morgan fingerprint density at radius 3 is 2.93 bits per heavy atom. The zero-order valence-electron chi connectivity index (χ0n) is 8.32. The molecule has 0 radical (unpaired) electrons. The Labute approximate surface area is 85.3 Å². The monoisotopic (exact) mass is 208 g/mol. The second-order valence-corrected chi connectivity index (χ2v) is 3.12. The van der Waals surface area contributed by atoms with Crippen molar-refractivity contribution in [3.8, 4) is 0 Å². The number of halogens is 1. The molecule has 0 unspecified atom stereocenters. The molecule has 4 nitrogen and oxygen atoms in total. The number of hydrogen-bond acceptors (Lipinski definition) is 3. The van der Waals surface area contributed by atoms with Crippen LogP contribution < -0.4 is 0 Å². The SMILES string of the molecule is COC(=O)c1nc2cc(F)ccc2n1C. The summed E-state index contributed by atoms with van der Waals surface area (Å²) in [4.78, 5) is 15.3. The first kappa shape index (κ1) is 9.64. The number of esters is 1. The Bertz CT molecular complexity index is 533. The maximum absolute atomic E-state index is 12.9. The molecule has 1 aromatic carbocycles. The van der Waals surface area contributed by atoms with Gasteiger partial charge >= 0.3 is 5.97 Å². The molecule has 2 aromatic rings. The fourth-order valence-corrected chi connectivity index (χ4v) is 1.45. The first-order valence-corrected chi connectivity index (χ1v) is 4.34. The van der Waals surface area contributed by atoms with Gasteiger partial charge in [-0.05, 0) is 12.1 Å². The third-order valence-electron chi connectivity index (χ3n) is 2.21. The van der Waals surface area contributed by atoms with Gasteiger partial charge in [0.15, 0.2) is 0 Å². The molecule has 0 aliphatic heterocycles. The van der Waals surface area contributed by atoms with E-state index in [1.54, 1.807) is 17.7 Å². The van der Waals surface area contributed by atoms with Crippen LogP contribution in [0.2, 0.25) is 0 Å². The number of methoxy groups -OCH3 is 1. The van der Waals surface area contributed by atoms with Gasteiger partial charge in [0.2, 0.25) is 5.82 Å². The number of hydrogen-bond donors (Lipinski definition) is 0. The molecule has 0 saturated carbocycles. The molecule has 0 spiro atoms. The van der Waals surface area contributed by atoms with Crippen LogP contribution in [0.5, 0.6) is 0 Å². The second kappa shape index (κ2) is 3.34. The van der Waals surface area contributed by atoms with Gasteiger partial charge < -0.3 is 9.30 Å². The summed E-state index contributed by atoms with van der Waals surface area (Å²) in [7, 11) is 2.96. The highest BCUT2D eigenvalue weighted by Crippen LogP contribution is 2.16. The molecule has 0 bridgehead atoms. The second-order valence-electron chi connectivity index (χ2n) is 3.12. The molecule has 78 valence electrons. The van der Waals surface area contributed by atoms with Gasteiger partial charge in [-0.1, -0.05) is 0 Å². The van der Waals surface area contributed by atoms with E-state index < -0.39 is 5.97 Å². The van der Waals surface area contributed by atoms with Gasteiger partial charge in [0.1, 0.15) is 5.82 Å². The number of carbonyl (C=O) groups excluding carboxylic acids is 1. The lowest BCUT2D eigenvalue weighted by Gasteiger charge is -1.98. The number of nitrogens with zero attached hydrogens (tertiary/aromatic N) is 2. The van der Waals surface area contributed by atoms with E-state index in [1.165, 1.54) is 19.2 Å². The largest absolute Gasteiger partial charge is 0.463 e. The molecule has 0 atom stereocenters. The predicted octanol–water partition coefficient (Wildman–Crippen LogP) is 1.50. The normalized spacial score (nSPS) is 10.6. The van der Waals surface area contributed by atoms with Crippen molar-refractivity contribution in [2.75, 3.05) is 7.11 Å². The maximum atomic E-state index is 12.9. The van der Waals surface area contributed by atoms with Crippen molar-refractivity contribution in [3.05, 3.63) is 29.8 Å². The minimum atomic E-state index is -0.533. The summed E-state index contributed by atoms with van der Waals surface area (Å²) < 4.78 is 19.0. The number of benzene rings is 1. The summed E-state index contributed by atoms with van der Waals surface area (Å²) >= 11 is 0. The van der Waals surface area contributed by atoms with Crippen LogP contribution in [0, 0.1) is 5.82 Å². The van der Waals surface area contributed by atoms with Crippen molar-refractivity contribution in [2.45, 2.75) is 0 Å². The lowest BCUT2D eigenvalue weighted by molar-refractivity contribution is 0.0583. The fourth-order valence-electron chi connectivity index (χ4n) is 1.45. The van der Waals surface area contributed by atoms with E-state index >= 15 is 0 Å². The van der Waals surface area contributed by atoms with Gasteiger partial charge in [0, 0.05) is 13.1 Å². The molecule has 0 amide bonds. The number of aromatic nitrogens is 2. The Hall–Kier alpha value is -1.91. The summed E-state index contributed by atoms with van der Waals surface area (Å²) in [6.07, 6.45) is 0. The van der Waals surface area contributed by atoms with E-state index in [-0.39, 0.29) is 11.6 Å². The van der Waals surface area contributed by atoms with Crippen molar-refractivity contribution < 1.29 is 13.9 Å². The van der Waals surface area contributed by atoms with Crippen LogP contribution in [-0.4, -0.2) is 22.6 Å². The Morgan fingerprint density at radius 1 is 1.53 bits per heavy atom. The van der Waals surface area contributed by atoms with Gasteiger partial charge in [-0.15, -0.1) is 0 Å². The van der Waals surface area contributed by atoms with E-state index in [9.17, 15) is 9.18 Å². The van der Waals surface area contributed by atoms with Gasteiger partial charge in [-0.2, -0.15) is 0 Å². The van der Waals surface area contributed by atoms with Crippen LogP contribution in [0.25, 0.3) is 11.0 Å². The van der Waals surface area contributed by atoms with Crippen LogP contribution in [0.1, 0.15) is 10.6 Å². The molecule has 0 aliphatic carbocycles. The highest BCUT2D eigenvalue weighted by atomic mass is 19.1. The summed E-state index contributed by atoms with van der Waals surface area (Å²) in [6, 6.07) is 4.18. The van der Waals surface area contributed by atoms with Gasteiger partial charge in [-0.3, -0.25) is 0 Å². The van der Waals surface area contributed by atoms with Crippen LogP contribution in [0.3, 0.4) is 0 Å². The molecule has 0 aliphatic rings. The van der Waals surface area contributed by atoms with Crippen LogP contribution in [-0.2, 0) is 11.8 Å². The van der Waals surface area contributed by atoms with Crippen LogP contribution >= 0.6 is 0 Å². The standard InChI is InChI=1S/C10H9FN2O2/c1-13-8-4-3-6(11)5-7(8)12-9(13)10(14)15-2/h3-5H,1-2H3. The van der Waals surface area contributed by atoms with Crippen molar-refractivity contribution in [2.24, 2.45) is 7.05 Å². The molecule has 2 rings (SSSR count). The van der Waals surface area contributed by atoms with Crippen molar-refractivity contribution in [3.63, 3.8) is 0 Å². The first-order chi connectivity index (χ1) is 7.13. The van der Waals surface area contributed by atoms with Crippen LogP contribution in [0.15, 0.2) is 18.2 Å². The summed E-state index contributed by atoms with van der Waals surface area (Å²) in [5, 5.41) is 0. The molecule has 1 aromatic heterocycles. The molecule has 0 fully saturated rings. The van der Waals surface area contributed by atoms with E-state index in [4.69, 9.17) is 0 Å². The Kier molecular flexibility index (Phi) is 2.15. The van der Waals surface area contributed by atoms with Gasteiger partial charge in [0.25, 0.3) is 0 Å². The minimum Gasteiger partial charge on any atom is -0.463 e. The number of imidazole rings is 1. The Morgan fingerprint density at radius 2 is 2.27 bits per heavy atom. The smallest absolute Gasteiger partial charge is 0.374 e. The average molecular weight is 208 g/mol. The van der Waals surface area contributed by atoms with Gasteiger partial charge in [0.05, 0.1) is 18.1 Å². The Balaban J connectivity index is 2.69. The number of ether oxygens (including phenoxy) is 1. The lowest BCUT2D eigenvalue weighted by Crippen LogP contribution is -2.08. The van der Waals surface area contributed by atoms with E-state index in [1.807, 2.05) is 0 Å². The lowest BCUT2D eigenvalue weighted by atomic mass is 10.3. The molecule has 15 heavy (non-hydrogen) atoms. The van der Waals surface area contributed by atoms with Crippen molar-refractivity contribution in [1.82, 2.24) is 9.55 Å². The molecular formula is C10H9FN2O2. The third-order valence-corrected chi connectivity index (χ3v) is 2.21. The summed E-state index contributed by atoms with van der Waals surface area (Å²) in [5.74, 6) is -0.746. The van der Waals surface area contributed by atoms with E-state index in [0.29, 0.717) is 11.0 Å². The number of rotatable bonds is 1. The highest BCUT2D eigenvalue weighted by molar-refractivity contribution is 5.90. The number of fused-ring (bicyclic) bond motifs is 1. The summed E-state index contributed by atoms with van der Waals surface area (Å²) in [6.45, 7) is 0. The quantitative estimate of drug-likeness (QED) is 0.667. The number of carbonyl (C=O) groups is 1. The number of aryl methyl sites for hydroxylation is 1. The van der Waals surface area contributed by atoms with Crippen molar-refractivity contribution >= 4 is 17.0 Å². The topological polar surface area (TPSA) is 44.1 Å². The molecule has 5 heteroatoms. The highest BCUT2D eigenvalue weighted by Gasteiger charge is 2.15. The third kappa shape index (κ3) is 1.45. The molecule has 0 saturated heterocycles. The van der Waals surface area contributed by atoms with E-state index in [2.05, 4.69) is 9.72 Å². The predicted molar refractivity (Wildman–Crippen MR) is 52.0 cm³/mol. The van der Waals surface area contributed by atoms with Crippen molar-refractivity contribution in [1.29, 1.82) is 0 Å². The molecule has 0 N–H and O–H groups in total. The summed E-state index contributed by atoms with van der Waals surface area (Å²) in [5.41, 5.74) is 1.13. The zero-order valence-corrected chi connectivity index (χ0v) is 8.32. The van der Waals surface area contributed by atoms with Gasteiger partial charge in [-0.25, -0.2) is 14.2 Å². The van der Waals surface area contributed by atoms with Crippen LogP contribution in [0.4, 0.5) is 4.39 Å². The average Bonchev–Trinajstić information content (AvgIpc) is 2.54. The fraction of sp³-hybridized carbons (Fsp3) is 0.200. The first-order valence-electron chi connectivity index (χ1n) is 4.34. The van der Waals surface area contributed by atoms with E-state index in [0.717, 1.165) is 0 Å². The minimum absolute atomic E-state index is 0.165. The molecule has 1 heterocycles.